The first-order valence-electron chi connectivity index (χ1n) is 8.56. The highest BCUT2D eigenvalue weighted by molar-refractivity contribution is 8.01. The van der Waals surface area contributed by atoms with Gasteiger partial charge in [-0.15, -0.1) is 11.8 Å². The van der Waals surface area contributed by atoms with Crippen LogP contribution in [-0.4, -0.2) is 31.2 Å². The Morgan fingerprint density at radius 1 is 1.25 bits per heavy atom. The third kappa shape index (κ3) is 4.68. The normalized spacial score (nSPS) is 16.2. The second-order valence-corrected chi connectivity index (χ2v) is 10.4. The number of carbonyl (C=O) groups is 2. The Hall–Kier alpha value is -2.03. The molecule has 0 saturated carbocycles. The van der Waals surface area contributed by atoms with E-state index in [9.17, 15) is 18.0 Å². The topological polar surface area (TPSA) is 92.3 Å². The number of benzene rings is 2. The zero-order valence-electron chi connectivity index (χ0n) is 15.3. The van der Waals surface area contributed by atoms with Crippen molar-refractivity contribution in [3.63, 3.8) is 0 Å². The summed E-state index contributed by atoms with van der Waals surface area (Å²) in [5, 5.41) is 5.51. The highest BCUT2D eigenvalue weighted by Gasteiger charge is 2.25. The summed E-state index contributed by atoms with van der Waals surface area (Å²) in [6.45, 7) is 3.66. The second-order valence-electron chi connectivity index (χ2n) is 6.51. The van der Waals surface area contributed by atoms with Gasteiger partial charge in [0.1, 0.15) is 0 Å². The molecule has 0 aliphatic carbocycles. The third-order valence-electron chi connectivity index (χ3n) is 4.24. The fourth-order valence-electron chi connectivity index (χ4n) is 2.66. The molecule has 0 bridgehead atoms. The van der Waals surface area contributed by atoms with Crippen molar-refractivity contribution in [2.75, 3.05) is 16.4 Å². The number of amides is 2. The summed E-state index contributed by atoms with van der Waals surface area (Å²) in [5.41, 5.74) is 1.88. The minimum Gasteiger partial charge on any atom is -0.325 e. The smallest absolute Gasteiger partial charge is 0.237 e. The molecule has 1 atom stereocenters. The minimum absolute atomic E-state index is 0.0721. The number of thioether (sulfide) groups is 1. The van der Waals surface area contributed by atoms with E-state index in [2.05, 4.69) is 10.6 Å². The Morgan fingerprint density at radius 3 is 2.71 bits per heavy atom. The number of sulfone groups is 1. The molecule has 0 spiro atoms. The van der Waals surface area contributed by atoms with E-state index in [1.54, 1.807) is 31.2 Å². The molecule has 2 aromatic carbocycles. The molecule has 1 heterocycles. The maximum atomic E-state index is 12.6. The van der Waals surface area contributed by atoms with Crippen molar-refractivity contribution in [3.05, 3.63) is 47.0 Å². The maximum absolute atomic E-state index is 12.6. The van der Waals surface area contributed by atoms with Gasteiger partial charge in [0.2, 0.25) is 11.8 Å². The molecule has 3 rings (SSSR count). The summed E-state index contributed by atoms with van der Waals surface area (Å²) in [6.07, 6.45) is -0.207. The van der Waals surface area contributed by atoms with Crippen LogP contribution in [0.2, 0.25) is 5.02 Å². The van der Waals surface area contributed by atoms with Gasteiger partial charge in [-0.2, -0.15) is 0 Å². The fourth-order valence-corrected chi connectivity index (χ4v) is 5.14. The van der Waals surface area contributed by atoms with E-state index < -0.39 is 15.7 Å². The molecule has 1 aliphatic heterocycles. The maximum Gasteiger partial charge on any atom is 0.237 e. The standard InChI is InChI=1S/C19H19ClN2O4S2/c1-11-3-5-15(14(20)9-11)21-18(23)7-8-28(25,26)13-4-6-17-16(10-13)22-19(24)12(2)27-17/h3-6,9-10,12H,7-8H2,1-2H3,(H,21,23)(H,22,24). The van der Waals surface area contributed by atoms with Crippen LogP contribution in [0.15, 0.2) is 46.2 Å². The van der Waals surface area contributed by atoms with Crippen molar-refractivity contribution in [3.8, 4) is 0 Å². The highest BCUT2D eigenvalue weighted by atomic mass is 35.5. The van der Waals surface area contributed by atoms with Gasteiger partial charge >= 0.3 is 0 Å². The molecule has 148 valence electrons. The molecule has 2 aromatic rings. The van der Waals surface area contributed by atoms with Crippen LogP contribution in [-0.2, 0) is 19.4 Å². The van der Waals surface area contributed by atoms with E-state index in [0.29, 0.717) is 16.4 Å². The van der Waals surface area contributed by atoms with Gasteiger partial charge in [0, 0.05) is 11.3 Å². The predicted molar refractivity (Wildman–Crippen MR) is 112 cm³/mol. The molecule has 2 N–H and O–H groups in total. The van der Waals surface area contributed by atoms with Gasteiger partial charge < -0.3 is 10.6 Å². The number of hydrogen-bond donors (Lipinski definition) is 2. The molecule has 1 aliphatic rings. The Kier molecular flexibility index (Phi) is 6.02. The van der Waals surface area contributed by atoms with Crippen LogP contribution in [0, 0.1) is 6.92 Å². The average molecular weight is 439 g/mol. The molecule has 0 aromatic heterocycles. The number of hydrogen-bond acceptors (Lipinski definition) is 5. The quantitative estimate of drug-likeness (QED) is 0.738. The Morgan fingerprint density at radius 2 is 2.00 bits per heavy atom. The fraction of sp³-hybridized carbons (Fsp3) is 0.263. The van der Waals surface area contributed by atoms with Crippen LogP contribution < -0.4 is 10.6 Å². The summed E-state index contributed by atoms with van der Waals surface area (Å²) in [4.78, 5) is 24.8. The van der Waals surface area contributed by atoms with E-state index in [-0.39, 0.29) is 28.2 Å². The molecule has 0 radical (unpaired) electrons. The van der Waals surface area contributed by atoms with Crippen molar-refractivity contribution < 1.29 is 18.0 Å². The summed E-state index contributed by atoms with van der Waals surface area (Å²) in [7, 11) is -3.68. The average Bonchev–Trinajstić information content (AvgIpc) is 2.63. The summed E-state index contributed by atoms with van der Waals surface area (Å²) < 4.78 is 25.2. The van der Waals surface area contributed by atoms with Gasteiger partial charge in [0.05, 0.1) is 32.3 Å². The number of halogens is 1. The van der Waals surface area contributed by atoms with Crippen molar-refractivity contribution in [2.45, 2.75) is 35.3 Å². The lowest BCUT2D eigenvalue weighted by atomic mass is 10.2. The lowest BCUT2D eigenvalue weighted by molar-refractivity contribution is -0.116. The van der Waals surface area contributed by atoms with Crippen LogP contribution in [0.5, 0.6) is 0 Å². The lowest BCUT2D eigenvalue weighted by Crippen LogP contribution is -2.26. The number of rotatable bonds is 5. The number of nitrogens with one attached hydrogen (secondary N) is 2. The molecule has 0 fully saturated rings. The van der Waals surface area contributed by atoms with Gasteiger partial charge in [-0.25, -0.2) is 8.42 Å². The Bertz CT molecular complexity index is 1050. The lowest BCUT2D eigenvalue weighted by Gasteiger charge is -2.21. The summed E-state index contributed by atoms with van der Waals surface area (Å²) in [6, 6.07) is 9.81. The third-order valence-corrected chi connectivity index (χ3v) is 7.44. The largest absolute Gasteiger partial charge is 0.325 e. The summed E-state index contributed by atoms with van der Waals surface area (Å²) >= 11 is 7.46. The molecule has 6 nitrogen and oxygen atoms in total. The number of anilines is 2. The molecule has 2 amide bonds. The van der Waals surface area contributed by atoms with Crippen LogP contribution >= 0.6 is 23.4 Å². The Labute approximate surface area is 173 Å². The molecule has 28 heavy (non-hydrogen) atoms. The first-order chi connectivity index (χ1) is 13.2. The van der Waals surface area contributed by atoms with Crippen molar-refractivity contribution in [1.82, 2.24) is 0 Å². The zero-order valence-corrected chi connectivity index (χ0v) is 17.7. The van der Waals surface area contributed by atoms with E-state index >= 15 is 0 Å². The zero-order chi connectivity index (χ0) is 20.5. The number of aryl methyl sites for hydroxylation is 1. The van der Waals surface area contributed by atoms with Crippen LogP contribution in [0.1, 0.15) is 18.9 Å². The molecule has 0 saturated heterocycles. The van der Waals surface area contributed by atoms with E-state index in [1.165, 1.54) is 23.9 Å². The molecule has 9 heteroatoms. The SMILES string of the molecule is Cc1ccc(NC(=O)CCS(=O)(=O)c2ccc3c(c2)NC(=O)C(C)S3)c(Cl)c1. The van der Waals surface area contributed by atoms with Gasteiger partial charge in [-0.1, -0.05) is 17.7 Å². The molecule has 1 unspecified atom stereocenters. The predicted octanol–water partition coefficient (Wildman–Crippen LogP) is 3.88. The van der Waals surface area contributed by atoms with Crippen molar-refractivity contribution in [2.24, 2.45) is 0 Å². The van der Waals surface area contributed by atoms with Gasteiger partial charge in [0.25, 0.3) is 0 Å². The number of fused-ring (bicyclic) bond motifs is 1. The van der Waals surface area contributed by atoms with Gasteiger partial charge in [-0.05, 0) is 49.7 Å². The first kappa shape index (κ1) is 20.7. The minimum atomic E-state index is -3.68. The van der Waals surface area contributed by atoms with Gasteiger partial charge in [0.15, 0.2) is 9.84 Å². The highest BCUT2D eigenvalue weighted by Crippen LogP contribution is 2.37. The van der Waals surface area contributed by atoms with E-state index in [1.807, 2.05) is 6.92 Å². The van der Waals surface area contributed by atoms with Crippen LogP contribution in [0.25, 0.3) is 0 Å². The second kappa shape index (κ2) is 8.14. The molecular formula is C19H19ClN2O4S2. The van der Waals surface area contributed by atoms with E-state index in [0.717, 1.165) is 10.5 Å². The van der Waals surface area contributed by atoms with Gasteiger partial charge in [-0.3, -0.25) is 9.59 Å². The van der Waals surface area contributed by atoms with Crippen LogP contribution in [0.3, 0.4) is 0 Å². The summed E-state index contributed by atoms with van der Waals surface area (Å²) in [5.74, 6) is -0.954. The monoisotopic (exact) mass is 438 g/mol. The molecular weight excluding hydrogens is 420 g/mol. The Balaban J connectivity index is 1.68. The number of carbonyl (C=O) groups excluding carboxylic acids is 2. The first-order valence-corrected chi connectivity index (χ1v) is 11.5. The van der Waals surface area contributed by atoms with Crippen molar-refractivity contribution in [1.29, 1.82) is 0 Å². The van der Waals surface area contributed by atoms with E-state index in [4.69, 9.17) is 11.6 Å². The van der Waals surface area contributed by atoms with Crippen molar-refractivity contribution >= 4 is 56.4 Å². The van der Waals surface area contributed by atoms with Crippen LogP contribution in [0.4, 0.5) is 11.4 Å².